The molecule has 232 valence electrons. The lowest BCUT2D eigenvalue weighted by molar-refractivity contribution is -0.130. The molecule has 0 unspecified atom stereocenters. The van der Waals surface area contributed by atoms with Crippen LogP contribution < -0.4 is 20.1 Å². The number of rotatable bonds is 7. The van der Waals surface area contributed by atoms with Gasteiger partial charge in [-0.25, -0.2) is 8.42 Å². The molecular formula is C29H38F3N3O6S. The summed E-state index contributed by atoms with van der Waals surface area (Å²) in [5.41, 5.74) is 1.63. The van der Waals surface area contributed by atoms with Crippen LogP contribution in [0.3, 0.4) is 0 Å². The highest BCUT2D eigenvalue weighted by Crippen LogP contribution is 2.25. The molecule has 1 heterocycles. The lowest BCUT2D eigenvalue weighted by Gasteiger charge is -2.31. The average Bonchev–Trinajstić information content (AvgIpc) is 2.95. The van der Waals surface area contributed by atoms with E-state index < -0.39 is 52.5 Å². The molecular weight excluding hydrogens is 575 g/mol. The number of fused-ring (bicyclic) bond motifs is 1. The predicted molar refractivity (Wildman–Crippen MR) is 153 cm³/mol. The van der Waals surface area contributed by atoms with Gasteiger partial charge in [0.05, 0.1) is 31.4 Å². The van der Waals surface area contributed by atoms with E-state index in [1.165, 1.54) is 0 Å². The van der Waals surface area contributed by atoms with Gasteiger partial charge in [-0.05, 0) is 43.0 Å². The molecule has 0 saturated carbocycles. The average molecular weight is 614 g/mol. The number of carbonyl (C=O) groups is 1. The summed E-state index contributed by atoms with van der Waals surface area (Å²) in [5.74, 6) is -0.638. The fourth-order valence-electron chi connectivity index (χ4n) is 4.53. The Balaban J connectivity index is 1.90. The van der Waals surface area contributed by atoms with Gasteiger partial charge in [-0.1, -0.05) is 42.5 Å². The van der Waals surface area contributed by atoms with Crippen molar-refractivity contribution in [2.24, 2.45) is 0 Å². The third-order valence-corrected chi connectivity index (χ3v) is 8.81. The number of likely N-dealkylation sites (N-methyl/N-ethyl adjacent to an activating group) is 1. The fourth-order valence-corrected chi connectivity index (χ4v) is 5.89. The summed E-state index contributed by atoms with van der Waals surface area (Å²) >= 11 is 0. The summed E-state index contributed by atoms with van der Waals surface area (Å²) in [7, 11) is -1.76. The van der Waals surface area contributed by atoms with Gasteiger partial charge >= 0.3 is 6.18 Å². The summed E-state index contributed by atoms with van der Waals surface area (Å²) in [4.78, 5) is 13.5. The molecule has 0 spiro atoms. The van der Waals surface area contributed by atoms with Crippen molar-refractivity contribution in [2.45, 2.75) is 56.6 Å². The Kier molecular flexibility index (Phi) is 12.2. The van der Waals surface area contributed by atoms with Gasteiger partial charge in [-0.2, -0.15) is 17.5 Å². The number of β-amino-alcohol motifs (C(OH)–C–C–N with tert-alkyl or cyclic N) is 1. The number of methoxy groups -OCH3 is 1. The topological polar surface area (TPSA) is 117 Å². The van der Waals surface area contributed by atoms with Crippen molar-refractivity contribution in [3.63, 3.8) is 0 Å². The van der Waals surface area contributed by atoms with E-state index in [9.17, 15) is 31.5 Å². The van der Waals surface area contributed by atoms with Gasteiger partial charge in [0.1, 0.15) is 24.1 Å². The van der Waals surface area contributed by atoms with E-state index in [4.69, 9.17) is 9.47 Å². The maximum Gasteiger partial charge on any atom is 0.390 e. The van der Waals surface area contributed by atoms with Crippen LogP contribution in [-0.4, -0.2) is 81.2 Å². The zero-order valence-corrected chi connectivity index (χ0v) is 24.5. The van der Waals surface area contributed by atoms with Crippen molar-refractivity contribution >= 4 is 15.9 Å². The van der Waals surface area contributed by atoms with Crippen LogP contribution in [-0.2, 0) is 27.8 Å². The molecule has 1 aliphatic rings. The zero-order chi connectivity index (χ0) is 30.8. The monoisotopic (exact) mass is 613 g/mol. The largest absolute Gasteiger partial charge is 0.497 e. The van der Waals surface area contributed by atoms with E-state index in [0.29, 0.717) is 22.3 Å². The Morgan fingerprint density at radius 1 is 1.14 bits per heavy atom. The molecule has 3 atom stereocenters. The van der Waals surface area contributed by atoms with E-state index >= 15 is 0 Å². The number of allylic oxidation sites excluding steroid dienone is 1. The van der Waals surface area contributed by atoms with Crippen molar-refractivity contribution in [1.82, 2.24) is 14.9 Å². The smallest absolute Gasteiger partial charge is 0.390 e. The number of nitrogens with zero attached hydrogens (tertiary/aromatic N) is 1. The number of aliphatic hydroxyl groups is 1. The van der Waals surface area contributed by atoms with Crippen LogP contribution in [0.4, 0.5) is 13.2 Å². The SMILES string of the molecule is COc1ccc2c(c1)CNC[C@@H](O)[C@H](Cc1ccccc1)NC(=O)[C@@H](N(C)S(=O)(=O)CCC(F)(F)F)CCC=CCO2. The second-order valence-corrected chi connectivity index (χ2v) is 12.2. The van der Waals surface area contributed by atoms with E-state index in [1.54, 1.807) is 31.4 Å². The number of nitrogens with one attached hydrogen (secondary N) is 2. The molecule has 2 aromatic rings. The van der Waals surface area contributed by atoms with Gasteiger partial charge in [-0.15, -0.1) is 0 Å². The van der Waals surface area contributed by atoms with Crippen molar-refractivity contribution in [3.05, 3.63) is 71.8 Å². The fraction of sp³-hybridized carbons (Fsp3) is 0.483. The Bertz CT molecular complexity index is 1290. The highest BCUT2D eigenvalue weighted by molar-refractivity contribution is 7.89. The number of amides is 1. The second kappa shape index (κ2) is 15.4. The first kappa shape index (κ1) is 33.4. The molecule has 0 radical (unpaired) electrons. The highest BCUT2D eigenvalue weighted by Gasteiger charge is 2.36. The third kappa shape index (κ3) is 10.3. The number of aliphatic hydroxyl groups excluding tert-OH is 1. The number of benzene rings is 2. The van der Waals surface area contributed by atoms with Crippen LogP contribution in [0.15, 0.2) is 60.7 Å². The van der Waals surface area contributed by atoms with E-state index in [0.717, 1.165) is 18.2 Å². The lowest BCUT2D eigenvalue weighted by Crippen LogP contribution is -2.55. The number of carbonyl (C=O) groups excluding carboxylic acids is 1. The first-order valence-electron chi connectivity index (χ1n) is 13.6. The van der Waals surface area contributed by atoms with Gasteiger partial charge in [0.15, 0.2) is 0 Å². The highest BCUT2D eigenvalue weighted by atomic mass is 32.2. The summed E-state index contributed by atoms with van der Waals surface area (Å²) in [6.45, 7) is 0.582. The zero-order valence-electron chi connectivity index (χ0n) is 23.6. The molecule has 0 fully saturated rings. The molecule has 0 aliphatic carbocycles. The Labute approximate surface area is 244 Å². The van der Waals surface area contributed by atoms with Crippen LogP contribution >= 0.6 is 0 Å². The van der Waals surface area contributed by atoms with Crippen LogP contribution in [0.1, 0.15) is 30.4 Å². The predicted octanol–water partition coefficient (Wildman–Crippen LogP) is 3.18. The molecule has 3 N–H and O–H groups in total. The number of hydrogen-bond acceptors (Lipinski definition) is 7. The van der Waals surface area contributed by atoms with Crippen molar-refractivity contribution in [3.8, 4) is 11.5 Å². The molecule has 9 nitrogen and oxygen atoms in total. The van der Waals surface area contributed by atoms with Crippen molar-refractivity contribution in [1.29, 1.82) is 0 Å². The summed E-state index contributed by atoms with van der Waals surface area (Å²) in [6.07, 6.45) is -3.35. The third-order valence-electron chi connectivity index (χ3n) is 6.96. The minimum Gasteiger partial charge on any atom is -0.497 e. The number of ether oxygens (including phenoxy) is 2. The van der Waals surface area contributed by atoms with Crippen LogP contribution in [0.2, 0.25) is 0 Å². The minimum absolute atomic E-state index is 0.00424. The van der Waals surface area contributed by atoms with E-state index in [2.05, 4.69) is 10.6 Å². The first-order chi connectivity index (χ1) is 19.9. The number of alkyl halides is 3. The minimum atomic E-state index is -4.67. The molecule has 42 heavy (non-hydrogen) atoms. The maximum atomic E-state index is 13.5. The first-order valence-corrected chi connectivity index (χ1v) is 15.2. The van der Waals surface area contributed by atoms with Gasteiger partial charge in [0.25, 0.3) is 0 Å². The van der Waals surface area contributed by atoms with Crippen LogP contribution in [0, 0.1) is 0 Å². The Hall–Kier alpha value is -3.13. The molecule has 3 rings (SSSR count). The lowest BCUT2D eigenvalue weighted by atomic mass is 10.00. The van der Waals surface area contributed by atoms with Crippen LogP contribution in [0.5, 0.6) is 11.5 Å². The quantitative estimate of drug-likeness (QED) is 0.411. The Morgan fingerprint density at radius 3 is 2.57 bits per heavy atom. The van der Waals surface area contributed by atoms with Gasteiger partial charge in [0.2, 0.25) is 15.9 Å². The van der Waals surface area contributed by atoms with Crippen LogP contribution in [0.25, 0.3) is 0 Å². The normalized spacial score (nSPS) is 21.3. The van der Waals surface area contributed by atoms with Gasteiger partial charge < -0.3 is 25.2 Å². The molecule has 0 saturated heterocycles. The maximum absolute atomic E-state index is 13.5. The molecule has 1 amide bonds. The number of sulfonamides is 1. The second-order valence-electron chi connectivity index (χ2n) is 10.0. The molecule has 2 aromatic carbocycles. The van der Waals surface area contributed by atoms with Crippen molar-refractivity contribution < 1.29 is 41.0 Å². The molecule has 1 aliphatic heterocycles. The summed E-state index contributed by atoms with van der Waals surface area (Å²) in [5, 5.41) is 17.1. The Morgan fingerprint density at radius 2 is 1.88 bits per heavy atom. The molecule has 13 heteroatoms. The summed E-state index contributed by atoms with van der Waals surface area (Å²) in [6, 6.07) is 12.4. The van der Waals surface area contributed by atoms with Gasteiger partial charge in [-0.3, -0.25) is 4.79 Å². The number of halogens is 3. The molecule has 0 bridgehead atoms. The molecule has 0 aromatic heterocycles. The number of hydrogen-bond donors (Lipinski definition) is 3. The van der Waals surface area contributed by atoms with Crippen molar-refractivity contribution in [2.75, 3.05) is 33.1 Å². The summed E-state index contributed by atoms with van der Waals surface area (Å²) < 4.78 is 76.0. The standard InChI is InChI=1S/C29H38F3N3O6S/c1-35(42(38,39)16-14-29(30,31)32)25-11-7-4-8-15-41-27-13-12-23(40-2)18-22(27)19-33-20-26(36)24(34-28(25)37)17-21-9-5-3-6-10-21/h3-6,8-10,12-13,18,24-26,33,36H,7,11,14-17,19-20H2,1-2H3,(H,34,37)/t24-,25-,26+/m0/s1. The van der Waals surface area contributed by atoms with E-state index in [-0.39, 0.29) is 32.4 Å². The van der Waals surface area contributed by atoms with Gasteiger partial charge in [0, 0.05) is 25.7 Å². The van der Waals surface area contributed by atoms with E-state index in [1.807, 2.05) is 36.4 Å².